The van der Waals surface area contributed by atoms with Crippen LogP contribution in [-0.2, 0) is 9.47 Å². The van der Waals surface area contributed by atoms with E-state index >= 15 is 0 Å². The van der Waals surface area contributed by atoms with Crippen molar-refractivity contribution in [1.82, 2.24) is 0 Å². The molecule has 0 rings (SSSR count). The zero-order valence-electron chi connectivity index (χ0n) is 10.6. The minimum atomic E-state index is -0.262. The zero-order valence-corrected chi connectivity index (χ0v) is 13.8. The van der Waals surface area contributed by atoms with E-state index in [-0.39, 0.29) is 9.52 Å². The quantitative estimate of drug-likeness (QED) is 0.315. The molecule has 0 aromatic heterocycles. The Morgan fingerprint density at radius 3 is 1.69 bits per heavy atom. The fraction of sp³-hybridized carbons (Fsp3) is 1.00. The van der Waals surface area contributed by atoms with Crippen LogP contribution in [0.3, 0.4) is 0 Å². The van der Waals surface area contributed by atoms with E-state index in [1.807, 2.05) is 0 Å². The number of alkyl halides is 2. The lowest BCUT2D eigenvalue weighted by Crippen LogP contribution is -2.35. The molecule has 0 saturated heterocycles. The predicted octanol–water partition coefficient (Wildman–Crippen LogP) is 4.84. The maximum Gasteiger partial charge on any atom is 0.182 e. The molecule has 0 N–H and O–H groups in total. The van der Waals surface area contributed by atoms with Gasteiger partial charge in [0, 0.05) is 13.2 Å². The van der Waals surface area contributed by atoms with Gasteiger partial charge in [-0.15, -0.1) is 0 Å². The minimum Gasteiger partial charge on any atom is -0.350 e. The van der Waals surface area contributed by atoms with E-state index in [1.165, 1.54) is 0 Å². The van der Waals surface area contributed by atoms with E-state index in [0.29, 0.717) is 0 Å². The van der Waals surface area contributed by atoms with E-state index < -0.39 is 0 Å². The summed E-state index contributed by atoms with van der Waals surface area (Å²) in [6, 6.07) is 0. The number of unbranched alkanes of at least 4 members (excludes halogenated alkanes) is 2. The SMILES string of the molecule is CCCCOC(OCCCC)C(Br)(Br)CC. The van der Waals surface area contributed by atoms with Gasteiger partial charge in [-0.3, -0.25) is 0 Å². The standard InChI is InChI=1S/C12H24Br2O2/c1-4-7-9-15-11(12(13,14)6-3)16-10-8-5-2/h11H,4-10H2,1-3H3. The van der Waals surface area contributed by atoms with Gasteiger partial charge < -0.3 is 9.47 Å². The Morgan fingerprint density at radius 2 is 1.38 bits per heavy atom. The molecule has 0 bridgehead atoms. The van der Waals surface area contributed by atoms with Crippen molar-refractivity contribution in [2.45, 2.75) is 62.4 Å². The first-order valence-electron chi connectivity index (χ1n) is 6.19. The lowest BCUT2D eigenvalue weighted by Gasteiger charge is -2.29. The van der Waals surface area contributed by atoms with Crippen LogP contribution in [-0.4, -0.2) is 22.7 Å². The highest BCUT2D eigenvalue weighted by atomic mass is 79.9. The van der Waals surface area contributed by atoms with E-state index in [2.05, 4.69) is 52.6 Å². The van der Waals surface area contributed by atoms with Gasteiger partial charge in [0.1, 0.15) is 3.23 Å². The summed E-state index contributed by atoms with van der Waals surface area (Å²) in [5.41, 5.74) is 0. The average Bonchev–Trinajstić information content (AvgIpc) is 2.27. The molecule has 2 nitrogen and oxygen atoms in total. The molecule has 0 aromatic rings. The van der Waals surface area contributed by atoms with Crippen molar-refractivity contribution >= 4 is 31.9 Å². The Labute approximate surface area is 117 Å². The molecule has 0 spiro atoms. The van der Waals surface area contributed by atoms with E-state index in [9.17, 15) is 0 Å². The van der Waals surface area contributed by atoms with Crippen molar-refractivity contribution in [3.05, 3.63) is 0 Å². The summed E-state index contributed by atoms with van der Waals surface area (Å²) >= 11 is 7.24. The van der Waals surface area contributed by atoms with Crippen LogP contribution in [0.15, 0.2) is 0 Å². The van der Waals surface area contributed by atoms with Crippen LogP contribution in [0.5, 0.6) is 0 Å². The van der Waals surface area contributed by atoms with E-state index in [1.54, 1.807) is 0 Å². The molecule has 0 aliphatic rings. The number of ether oxygens (including phenoxy) is 2. The van der Waals surface area contributed by atoms with Crippen molar-refractivity contribution in [3.8, 4) is 0 Å². The van der Waals surface area contributed by atoms with Crippen LogP contribution in [0.25, 0.3) is 0 Å². The van der Waals surface area contributed by atoms with Gasteiger partial charge in [0.2, 0.25) is 0 Å². The van der Waals surface area contributed by atoms with Gasteiger partial charge >= 0.3 is 0 Å². The van der Waals surface area contributed by atoms with Crippen LogP contribution in [0.2, 0.25) is 0 Å². The third-order valence-electron chi connectivity index (χ3n) is 2.35. The molecule has 0 unspecified atom stereocenters. The molecule has 0 aliphatic heterocycles. The van der Waals surface area contributed by atoms with Crippen molar-refractivity contribution < 1.29 is 9.47 Å². The van der Waals surface area contributed by atoms with Gasteiger partial charge in [-0.05, 0) is 19.3 Å². The first-order valence-corrected chi connectivity index (χ1v) is 7.78. The smallest absolute Gasteiger partial charge is 0.182 e. The average molecular weight is 360 g/mol. The second kappa shape index (κ2) is 9.86. The number of halogens is 2. The van der Waals surface area contributed by atoms with Crippen molar-refractivity contribution in [3.63, 3.8) is 0 Å². The maximum absolute atomic E-state index is 5.77. The van der Waals surface area contributed by atoms with E-state index in [0.717, 1.165) is 45.3 Å². The molecule has 98 valence electrons. The highest BCUT2D eigenvalue weighted by Crippen LogP contribution is 2.36. The molecule has 0 aliphatic carbocycles. The monoisotopic (exact) mass is 358 g/mol. The summed E-state index contributed by atoms with van der Waals surface area (Å²) in [5, 5.41) is 0. The molecule has 4 heteroatoms. The van der Waals surface area contributed by atoms with Crippen LogP contribution in [0, 0.1) is 0 Å². The van der Waals surface area contributed by atoms with Gasteiger partial charge in [0.15, 0.2) is 6.29 Å². The first kappa shape index (κ1) is 16.9. The Kier molecular flexibility index (Phi) is 10.4. The van der Waals surface area contributed by atoms with Crippen LogP contribution < -0.4 is 0 Å². The van der Waals surface area contributed by atoms with Crippen LogP contribution >= 0.6 is 31.9 Å². The van der Waals surface area contributed by atoms with Gasteiger partial charge in [0.05, 0.1) is 0 Å². The van der Waals surface area contributed by atoms with Gasteiger partial charge in [-0.25, -0.2) is 0 Å². The van der Waals surface area contributed by atoms with Crippen molar-refractivity contribution in [2.24, 2.45) is 0 Å². The second-order valence-corrected chi connectivity index (χ2v) is 7.79. The fourth-order valence-corrected chi connectivity index (χ4v) is 1.66. The Balaban J connectivity index is 4.05. The lowest BCUT2D eigenvalue weighted by molar-refractivity contribution is -0.146. The predicted molar refractivity (Wildman–Crippen MR) is 76.4 cm³/mol. The largest absolute Gasteiger partial charge is 0.350 e. The molecule has 0 amide bonds. The Bertz CT molecular complexity index is 153. The summed E-state index contributed by atoms with van der Waals surface area (Å²) in [5.74, 6) is 0. The number of rotatable bonds is 10. The fourth-order valence-electron chi connectivity index (χ4n) is 1.13. The summed E-state index contributed by atoms with van der Waals surface area (Å²) < 4.78 is 11.3. The molecule has 0 fully saturated rings. The minimum absolute atomic E-state index is 0.212. The summed E-state index contributed by atoms with van der Waals surface area (Å²) in [6.45, 7) is 7.93. The summed E-state index contributed by atoms with van der Waals surface area (Å²) in [7, 11) is 0. The Morgan fingerprint density at radius 1 is 0.938 bits per heavy atom. The third kappa shape index (κ3) is 7.25. The van der Waals surface area contributed by atoms with Crippen LogP contribution in [0.1, 0.15) is 52.9 Å². The zero-order chi connectivity index (χ0) is 12.4. The lowest BCUT2D eigenvalue weighted by atomic mass is 10.3. The van der Waals surface area contributed by atoms with Crippen LogP contribution in [0.4, 0.5) is 0 Å². The molecule has 0 atom stereocenters. The number of hydrogen-bond acceptors (Lipinski definition) is 2. The molecular weight excluding hydrogens is 336 g/mol. The van der Waals surface area contributed by atoms with Crippen molar-refractivity contribution in [1.29, 1.82) is 0 Å². The Hall–Kier alpha value is 0.880. The molecule has 0 aromatic carbocycles. The topological polar surface area (TPSA) is 18.5 Å². The molecule has 0 heterocycles. The summed E-state index contributed by atoms with van der Waals surface area (Å²) in [4.78, 5) is 0. The van der Waals surface area contributed by atoms with Crippen molar-refractivity contribution in [2.75, 3.05) is 13.2 Å². The highest BCUT2D eigenvalue weighted by molar-refractivity contribution is 9.25. The normalized spacial score (nSPS) is 12.4. The van der Waals surface area contributed by atoms with E-state index in [4.69, 9.17) is 9.47 Å². The van der Waals surface area contributed by atoms with Gasteiger partial charge in [-0.1, -0.05) is 65.5 Å². The number of hydrogen-bond donors (Lipinski definition) is 0. The first-order chi connectivity index (χ1) is 7.58. The summed E-state index contributed by atoms with van der Waals surface area (Å²) in [6.07, 6.45) is 5.14. The molecular formula is C12H24Br2O2. The highest BCUT2D eigenvalue weighted by Gasteiger charge is 2.33. The van der Waals surface area contributed by atoms with Gasteiger partial charge in [-0.2, -0.15) is 0 Å². The maximum atomic E-state index is 5.77. The molecule has 0 saturated carbocycles. The molecule has 16 heavy (non-hydrogen) atoms. The van der Waals surface area contributed by atoms with Gasteiger partial charge in [0.25, 0.3) is 0 Å². The molecule has 0 radical (unpaired) electrons. The second-order valence-electron chi connectivity index (χ2n) is 3.90. The third-order valence-corrected chi connectivity index (χ3v) is 4.22.